The molecule has 0 bridgehead atoms. The molecule has 1 aliphatic heterocycles. The quantitative estimate of drug-likeness (QED) is 0.216. The number of benzene rings is 3. The highest BCUT2D eigenvalue weighted by Gasteiger charge is 2.24. The van der Waals surface area contributed by atoms with E-state index in [0.717, 1.165) is 35.5 Å². The van der Waals surface area contributed by atoms with E-state index in [9.17, 15) is 4.79 Å². The summed E-state index contributed by atoms with van der Waals surface area (Å²) >= 11 is 8.17. The van der Waals surface area contributed by atoms with Gasteiger partial charge in [-0.15, -0.1) is 0 Å². The summed E-state index contributed by atoms with van der Waals surface area (Å²) in [6.45, 7) is 0.507. The number of nitrogens with zero attached hydrogens (tertiary/aromatic N) is 1. The van der Waals surface area contributed by atoms with Crippen LogP contribution in [0.3, 0.4) is 0 Å². The Morgan fingerprint density at radius 2 is 1.67 bits per heavy atom. The molecule has 0 atom stereocenters. The Labute approximate surface area is 237 Å². The lowest BCUT2D eigenvalue weighted by molar-refractivity contribution is -0.115. The van der Waals surface area contributed by atoms with E-state index >= 15 is 0 Å². The van der Waals surface area contributed by atoms with Crippen LogP contribution in [0.2, 0.25) is 0 Å². The molecule has 9 heteroatoms. The third-order valence-electron chi connectivity index (χ3n) is 4.57. The van der Waals surface area contributed by atoms with Crippen LogP contribution in [-0.2, 0) is 11.4 Å². The van der Waals surface area contributed by atoms with E-state index < -0.39 is 0 Å². The normalized spacial score (nSPS) is 15.7. The number of amidine groups is 1. The Balaban J connectivity index is 1.48. The first-order chi connectivity index (χ1) is 15.9. The summed E-state index contributed by atoms with van der Waals surface area (Å²) in [5, 5.41) is 3.38. The predicted molar refractivity (Wildman–Crippen MR) is 159 cm³/mol. The van der Waals surface area contributed by atoms with Gasteiger partial charge in [-0.05, 0) is 145 Å². The summed E-state index contributed by atoms with van der Waals surface area (Å²) in [6, 6.07) is 19.7. The summed E-state index contributed by atoms with van der Waals surface area (Å²) in [5.74, 6) is 1.45. The zero-order valence-electron chi connectivity index (χ0n) is 17.3. The molecule has 5 nitrogen and oxygen atoms in total. The molecule has 0 radical (unpaired) electrons. The zero-order chi connectivity index (χ0) is 23.4. The summed E-state index contributed by atoms with van der Waals surface area (Å²) in [7, 11) is 1.62. The number of nitrogens with one attached hydrogen (secondary N) is 1. The molecule has 168 valence electrons. The number of hydrogen-bond donors (Lipinski definition) is 1. The molecule has 1 heterocycles. The Hall–Kier alpha value is -1.32. The molecule has 0 unspecified atom stereocenters. The van der Waals surface area contributed by atoms with Gasteiger partial charge in [-0.3, -0.25) is 4.79 Å². The second kappa shape index (κ2) is 11.4. The number of carbonyl (C=O) groups excluding carboxylic acids is 1. The molecule has 1 amide bonds. The Morgan fingerprint density at radius 1 is 1.00 bits per heavy atom. The monoisotopic (exact) mass is 794 g/mol. The molecular formula is C24H17I3N2O3S. The molecule has 1 N–H and O–H groups in total. The predicted octanol–water partition coefficient (Wildman–Crippen LogP) is 6.98. The van der Waals surface area contributed by atoms with Crippen molar-refractivity contribution < 1.29 is 14.3 Å². The molecular weight excluding hydrogens is 777 g/mol. The maximum absolute atomic E-state index is 12.5. The van der Waals surface area contributed by atoms with Crippen LogP contribution in [0.4, 0.5) is 5.69 Å². The summed E-state index contributed by atoms with van der Waals surface area (Å²) in [4.78, 5) is 17.6. The number of carbonyl (C=O) groups is 1. The first kappa shape index (κ1) is 24.8. The summed E-state index contributed by atoms with van der Waals surface area (Å²) < 4.78 is 14.4. The highest BCUT2D eigenvalue weighted by Crippen LogP contribution is 2.33. The van der Waals surface area contributed by atoms with Crippen molar-refractivity contribution in [2.24, 2.45) is 4.99 Å². The number of methoxy groups -OCH3 is 1. The minimum absolute atomic E-state index is 0.156. The van der Waals surface area contributed by atoms with Crippen molar-refractivity contribution in [3.63, 3.8) is 0 Å². The Kier molecular flexibility index (Phi) is 8.57. The second-order valence-corrected chi connectivity index (χ2v) is 11.5. The molecule has 33 heavy (non-hydrogen) atoms. The van der Waals surface area contributed by atoms with Gasteiger partial charge >= 0.3 is 0 Å². The molecule has 3 aromatic carbocycles. The maximum atomic E-state index is 12.5. The smallest absolute Gasteiger partial charge is 0.264 e. The minimum Gasteiger partial charge on any atom is -0.497 e. The van der Waals surface area contributed by atoms with Gasteiger partial charge in [0, 0.05) is 3.57 Å². The molecule has 0 saturated carbocycles. The van der Waals surface area contributed by atoms with Gasteiger partial charge in [0.2, 0.25) is 0 Å². The van der Waals surface area contributed by atoms with E-state index in [1.807, 2.05) is 42.5 Å². The van der Waals surface area contributed by atoms with E-state index in [1.165, 1.54) is 15.3 Å². The summed E-state index contributed by atoms with van der Waals surface area (Å²) in [6.07, 6.45) is 1.88. The van der Waals surface area contributed by atoms with Gasteiger partial charge in [0.1, 0.15) is 18.1 Å². The van der Waals surface area contributed by atoms with Crippen LogP contribution in [0.5, 0.6) is 11.5 Å². The molecule has 1 aliphatic rings. The van der Waals surface area contributed by atoms with Crippen molar-refractivity contribution in [1.29, 1.82) is 0 Å². The topological polar surface area (TPSA) is 59.9 Å². The van der Waals surface area contributed by atoms with Gasteiger partial charge in [0.25, 0.3) is 5.91 Å². The SMILES string of the molecule is COc1ccc(N=C2NC(=O)/C(=C\c3cc(I)c(OCc4ccc(I)cc4)c(I)c3)S2)cc1. The third-order valence-corrected chi connectivity index (χ3v) is 7.80. The van der Waals surface area contributed by atoms with Crippen molar-refractivity contribution >= 4 is 102 Å². The second-order valence-electron chi connectivity index (χ2n) is 6.91. The molecule has 0 spiro atoms. The first-order valence-corrected chi connectivity index (χ1v) is 13.8. The van der Waals surface area contributed by atoms with Gasteiger partial charge in [-0.1, -0.05) is 12.1 Å². The average molecular weight is 794 g/mol. The van der Waals surface area contributed by atoms with E-state index in [-0.39, 0.29) is 5.91 Å². The van der Waals surface area contributed by atoms with Crippen LogP contribution in [0.1, 0.15) is 11.1 Å². The van der Waals surface area contributed by atoms with Crippen molar-refractivity contribution in [2.75, 3.05) is 7.11 Å². The van der Waals surface area contributed by atoms with Crippen LogP contribution in [0.15, 0.2) is 70.6 Å². The number of rotatable bonds is 6. The van der Waals surface area contributed by atoms with Gasteiger partial charge in [-0.25, -0.2) is 4.99 Å². The minimum atomic E-state index is -0.156. The van der Waals surface area contributed by atoms with Gasteiger partial charge in [-0.2, -0.15) is 0 Å². The van der Waals surface area contributed by atoms with Gasteiger partial charge in [0.05, 0.1) is 24.8 Å². The van der Waals surface area contributed by atoms with Gasteiger partial charge < -0.3 is 14.8 Å². The van der Waals surface area contributed by atoms with Gasteiger partial charge in [0.15, 0.2) is 5.17 Å². The number of hydrogen-bond acceptors (Lipinski definition) is 5. The zero-order valence-corrected chi connectivity index (χ0v) is 24.6. The van der Waals surface area contributed by atoms with Crippen LogP contribution in [0, 0.1) is 10.7 Å². The maximum Gasteiger partial charge on any atom is 0.264 e. The lowest BCUT2D eigenvalue weighted by Gasteiger charge is -2.12. The number of amides is 1. The van der Waals surface area contributed by atoms with E-state index in [0.29, 0.717) is 16.7 Å². The highest BCUT2D eigenvalue weighted by molar-refractivity contribution is 14.1. The van der Waals surface area contributed by atoms with Crippen LogP contribution >= 0.6 is 79.5 Å². The number of halogens is 3. The number of thioether (sulfide) groups is 1. The Morgan fingerprint density at radius 3 is 2.30 bits per heavy atom. The fraction of sp³-hybridized carbons (Fsp3) is 0.0833. The third kappa shape index (κ3) is 6.63. The standard InChI is InChI=1S/C24H17I3N2O3S/c1-31-18-8-6-17(7-9-18)28-24-29-23(30)21(33-24)12-15-10-19(26)22(20(27)11-15)32-13-14-2-4-16(25)5-3-14/h2-12H,13H2,1H3,(H,28,29,30)/b21-12+. The highest BCUT2D eigenvalue weighted by atomic mass is 127. The number of aliphatic imine (C=N–C) groups is 1. The molecule has 3 aromatic rings. The fourth-order valence-electron chi connectivity index (χ4n) is 2.94. The van der Waals surface area contributed by atoms with E-state index in [1.54, 1.807) is 7.11 Å². The largest absolute Gasteiger partial charge is 0.497 e. The van der Waals surface area contributed by atoms with Crippen molar-refractivity contribution in [3.05, 3.63) is 87.4 Å². The van der Waals surface area contributed by atoms with Crippen LogP contribution in [-0.4, -0.2) is 18.2 Å². The van der Waals surface area contributed by atoms with E-state index in [4.69, 9.17) is 9.47 Å². The lowest BCUT2D eigenvalue weighted by Crippen LogP contribution is -2.19. The molecule has 0 aromatic heterocycles. The molecule has 1 saturated heterocycles. The molecule has 0 aliphatic carbocycles. The van der Waals surface area contributed by atoms with Crippen molar-refractivity contribution in [3.8, 4) is 11.5 Å². The van der Waals surface area contributed by atoms with Crippen molar-refractivity contribution in [2.45, 2.75) is 6.61 Å². The first-order valence-electron chi connectivity index (χ1n) is 9.71. The van der Waals surface area contributed by atoms with Crippen molar-refractivity contribution in [1.82, 2.24) is 5.32 Å². The molecule has 4 rings (SSSR count). The lowest BCUT2D eigenvalue weighted by atomic mass is 10.2. The van der Waals surface area contributed by atoms with E-state index in [2.05, 4.69) is 102 Å². The number of ether oxygens (including phenoxy) is 2. The summed E-state index contributed by atoms with van der Waals surface area (Å²) in [5.41, 5.74) is 2.81. The Bertz CT molecular complexity index is 1220. The molecule has 1 fully saturated rings. The average Bonchev–Trinajstić information content (AvgIpc) is 3.13. The van der Waals surface area contributed by atoms with Crippen LogP contribution in [0.25, 0.3) is 6.08 Å². The van der Waals surface area contributed by atoms with Crippen LogP contribution < -0.4 is 14.8 Å². The fourth-order valence-corrected chi connectivity index (χ4v) is 6.27.